The summed E-state index contributed by atoms with van der Waals surface area (Å²) < 4.78 is 0. The number of rotatable bonds is 8. The molecule has 0 aromatic heterocycles. The maximum atomic E-state index is 11.7. The molecule has 0 saturated carbocycles. The molecule has 2 amide bonds. The fourth-order valence-electron chi connectivity index (χ4n) is 1.39. The minimum absolute atomic E-state index is 0.0351. The highest BCUT2D eigenvalue weighted by Crippen LogP contribution is 1.99. The lowest BCUT2D eigenvalue weighted by molar-refractivity contribution is -0.137. The van der Waals surface area contributed by atoms with Crippen molar-refractivity contribution in [3.63, 3.8) is 0 Å². The summed E-state index contributed by atoms with van der Waals surface area (Å²) >= 11 is 0. The summed E-state index contributed by atoms with van der Waals surface area (Å²) in [7, 11) is 3.57. The molecule has 17 heavy (non-hydrogen) atoms. The lowest BCUT2D eigenvalue weighted by Crippen LogP contribution is -2.44. The second-order valence-corrected chi connectivity index (χ2v) is 4.03. The number of hydrogen-bond acceptors (Lipinski definition) is 3. The maximum absolute atomic E-state index is 11.7. The van der Waals surface area contributed by atoms with Crippen LogP contribution in [-0.4, -0.2) is 55.2 Å². The van der Waals surface area contributed by atoms with Crippen molar-refractivity contribution in [1.82, 2.24) is 15.5 Å². The summed E-state index contributed by atoms with van der Waals surface area (Å²) in [6.45, 7) is 3.36. The molecule has 0 aromatic carbocycles. The Balaban J connectivity index is 3.98. The predicted molar refractivity (Wildman–Crippen MR) is 66.0 cm³/mol. The van der Waals surface area contributed by atoms with Crippen molar-refractivity contribution in [2.75, 3.05) is 27.2 Å². The van der Waals surface area contributed by atoms with E-state index in [-0.39, 0.29) is 18.5 Å². The van der Waals surface area contributed by atoms with Gasteiger partial charge in [-0.05, 0) is 26.4 Å². The first-order valence-corrected chi connectivity index (χ1v) is 5.89. The van der Waals surface area contributed by atoms with Gasteiger partial charge in [0.05, 0.1) is 6.42 Å². The molecule has 6 nitrogen and oxygen atoms in total. The second kappa shape index (κ2) is 8.81. The summed E-state index contributed by atoms with van der Waals surface area (Å²) in [5, 5.41) is 14.4. The average molecular weight is 245 g/mol. The van der Waals surface area contributed by atoms with Crippen LogP contribution < -0.4 is 10.6 Å². The smallest absolute Gasteiger partial charge is 0.317 e. The Morgan fingerprint density at radius 1 is 1.41 bits per heavy atom. The highest BCUT2D eigenvalue weighted by molar-refractivity contribution is 5.75. The van der Waals surface area contributed by atoms with Crippen molar-refractivity contribution in [3.05, 3.63) is 0 Å². The zero-order valence-corrected chi connectivity index (χ0v) is 10.8. The van der Waals surface area contributed by atoms with Gasteiger partial charge in [0.25, 0.3) is 0 Å². The predicted octanol–water partition coefficient (Wildman–Crippen LogP) is 0.491. The van der Waals surface area contributed by atoms with Crippen molar-refractivity contribution in [2.45, 2.75) is 32.2 Å². The largest absolute Gasteiger partial charge is 0.481 e. The Morgan fingerprint density at radius 2 is 2.06 bits per heavy atom. The van der Waals surface area contributed by atoms with Gasteiger partial charge in [0.1, 0.15) is 0 Å². The van der Waals surface area contributed by atoms with Gasteiger partial charge in [-0.15, -0.1) is 0 Å². The van der Waals surface area contributed by atoms with Gasteiger partial charge in [0.2, 0.25) is 0 Å². The molecule has 0 spiro atoms. The Morgan fingerprint density at radius 3 is 2.53 bits per heavy atom. The second-order valence-electron chi connectivity index (χ2n) is 4.03. The Kier molecular flexibility index (Phi) is 8.13. The van der Waals surface area contributed by atoms with Crippen LogP contribution in [0.25, 0.3) is 0 Å². The van der Waals surface area contributed by atoms with Gasteiger partial charge in [0, 0.05) is 19.6 Å². The molecule has 1 atom stereocenters. The molecule has 0 bridgehead atoms. The van der Waals surface area contributed by atoms with E-state index in [4.69, 9.17) is 5.11 Å². The van der Waals surface area contributed by atoms with Gasteiger partial charge >= 0.3 is 12.0 Å². The van der Waals surface area contributed by atoms with E-state index >= 15 is 0 Å². The summed E-state index contributed by atoms with van der Waals surface area (Å²) in [5.41, 5.74) is 0. The van der Waals surface area contributed by atoms with Crippen molar-refractivity contribution >= 4 is 12.0 Å². The van der Waals surface area contributed by atoms with Crippen molar-refractivity contribution < 1.29 is 14.7 Å². The number of aliphatic carboxylic acids is 1. The molecule has 1 unspecified atom stereocenters. The first-order chi connectivity index (χ1) is 8.01. The molecule has 0 rings (SSSR count). The zero-order valence-electron chi connectivity index (χ0n) is 10.8. The first-order valence-electron chi connectivity index (χ1n) is 5.89. The van der Waals surface area contributed by atoms with Crippen LogP contribution in [0, 0.1) is 0 Å². The minimum Gasteiger partial charge on any atom is -0.481 e. The average Bonchev–Trinajstić information content (AvgIpc) is 2.27. The molecule has 0 radical (unpaired) electrons. The van der Waals surface area contributed by atoms with Crippen LogP contribution >= 0.6 is 0 Å². The van der Waals surface area contributed by atoms with Crippen LogP contribution in [0.5, 0.6) is 0 Å². The van der Waals surface area contributed by atoms with Crippen LogP contribution in [0.15, 0.2) is 0 Å². The third-order valence-corrected chi connectivity index (χ3v) is 2.51. The summed E-state index contributed by atoms with van der Waals surface area (Å²) in [6.07, 6.45) is 1.45. The molecular formula is C11H23N3O3. The summed E-state index contributed by atoms with van der Waals surface area (Å²) in [6, 6.07) is -0.513. The highest BCUT2D eigenvalue weighted by Gasteiger charge is 2.16. The van der Waals surface area contributed by atoms with Crippen LogP contribution in [-0.2, 0) is 4.79 Å². The van der Waals surface area contributed by atoms with Gasteiger partial charge in [-0.25, -0.2) is 4.79 Å². The van der Waals surface area contributed by atoms with Gasteiger partial charge in [-0.1, -0.05) is 6.92 Å². The maximum Gasteiger partial charge on any atom is 0.317 e. The molecule has 0 aliphatic carbocycles. The first kappa shape index (κ1) is 15.7. The molecule has 0 aliphatic heterocycles. The molecule has 0 aliphatic rings. The van der Waals surface area contributed by atoms with E-state index in [0.717, 1.165) is 13.0 Å². The van der Waals surface area contributed by atoms with E-state index in [1.165, 1.54) is 0 Å². The Bertz CT molecular complexity index is 246. The fraction of sp³-hybridized carbons (Fsp3) is 0.818. The minimum atomic E-state index is -0.894. The monoisotopic (exact) mass is 245 g/mol. The Hall–Kier alpha value is -1.30. The van der Waals surface area contributed by atoms with E-state index in [2.05, 4.69) is 10.6 Å². The normalized spacial score (nSPS) is 11.9. The van der Waals surface area contributed by atoms with Gasteiger partial charge in [-0.3, -0.25) is 4.79 Å². The molecule has 0 fully saturated rings. The molecule has 0 saturated heterocycles. The van der Waals surface area contributed by atoms with Crippen molar-refractivity contribution in [2.24, 2.45) is 0 Å². The standard InChI is InChI=1S/C11H23N3O3/c1-4-9(8-10(15)16)13-11(17)14(3)7-5-6-12-2/h9,12H,4-8H2,1-3H3,(H,13,17)(H,15,16). The number of nitrogens with zero attached hydrogens (tertiary/aromatic N) is 1. The summed E-state index contributed by atoms with van der Waals surface area (Å²) in [4.78, 5) is 23.8. The summed E-state index contributed by atoms with van der Waals surface area (Å²) in [5.74, 6) is -0.894. The quantitative estimate of drug-likeness (QED) is 0.544. The number of urea groups is 1. The topological polar surface area (TPSA) is 81.7 Å². The van der Waals surface area contributed by atoms with E-state index in [0.29, 0.717) is 13.0 Å². The van der Waals surface area contributed by atoms with E-state index in [9.17, 15) is 9.59 Å². The van der Waals surface area contributed by atoms with Crippen molar-refractivity contribution in [3.8, 4) is 0 Å². The van der Waals surface area contributed by atoms with E-state index in [1.807, 2.05) is 14.0 Å². The molecule has 6 heteroatoms. The SMILES string of the molecule is CCC(CC(=O)O)NC(=O)N(C)CCCNC. The van der Waals surface area contributed by atoms with Crippen LogP contribution in [0.2, 0.25) is 0 Å². The third-order valence-electron chi connectivity index (χ3n) is 2.51. The molecule has 100 valence electrons. The van der Waals surface area contributed by atoms with Crippen LogP contribution in [0.4, 0.5) is 4.79 Å². The number of hydrogen-bond donors (Lipinski definition) is 3. The van der Waals surface area contributed by atoms with Gasteiger partial charge < -0.3 is 20.6 Å². The van der Waals surface area contributed by atoms with E-state index < -0.39 is 5.97 Å². The lowest BCUT2D eigenvalue weighted by Gasteiger charge is -2.22. The van der Waals surface area contributed by atoms with Crippen LogP contribution in [0.1, 0.15) is 26.2 Å². The zero-order chi connectivity index (χ0) is 13.3. The third kappa shape index (κ3) is 7.57. The molecule has 3 N–H and O–H groups in total. The van der Waals surface area contributed by atoms with Gasteiger partial charge in [-0.2, -0.15) is 0 Å². The molecular weight excluding hydrogens is 222 g/mol. The number of carboxylic acid groups (broad SMARTS) is 1. The number of nitrogens with one attached hydrogen (secondary N) is 2. The molecule has 0 heterocycles. The number of carboxylic acids is 1. The van der Waals surface area contributed by atoms with Crippen molar-refractivity contribution in [1.29, 1.82) is 0 Å². The van der Waals surface area contributed by atoms with Gasteiger partial charge in [0.15, 0.2) is 0 Å². The number of carbonyl (C=O) groups is 2. The van der Waals surface area contributed by atoms with Crippen LogP contribution in [0.3, 0.4) is 0 Å². The van der Waals surface area contributed by atoms with E-state index in [1.54, 1.807) is 11.9 Å². The molecule has 0 aromatic rings. The highest BCUT2D eigenvalue weighted by atomic mass is 16.4. The number of amides is 2. The number of carbonyl (C=O) groups excluding carboxylic acids is 1. The lowest BCUT2D eigenvalue weighted by atomic mass is 10.1. The fourth-order valence-corrected chi connectivity index (χ4v) is 1.39. The Labute approximate surface area is 102 Å².